The molecule has 2 aromatic rings. The van der Waals surface area contributed by atoms with E-state index in [2.05, 4.69) is 50.0 Å². The van der Waals surface area contributed by atoms with E-state index in [1.807, 2.05) is 18.2 Å². The van der Waals surface area contributed by atoms with Crippen LogP contribution in [0.3, 0.4) is 0 Å². The van der Waals surface area contributed by atoms with Crippen LogP contribution < -0.4 is 16.0 Å². The van der Waals surface area contributed by atoms with Crippen molar-refractivity contribution < 1.29 is 0 Å². The van der Waals surface area contributed by atoms with Crippen molar-refractivity contribution in [2.45, 2.75) is 26.3 Å². The van der Waals surface area contributed by atoms with E-state index in [1.165, 1.54) is 5.56 Å². The maximum absolute atomic E-state index is 4.38. The van der Waals surface area contributed by atoms with E-state index < -0.39 is 0 Å². The smallest absolute Gasteiger partial charge is 0.229 e. The van der Waals surface area contributed by atoms with Crippen molar-refractivity contribution in [3.05, 3.63) is 35.9 Å². The molecule has 0 bridgehead atoms. The normalized spacial score (nSPS) is 10.2. The summed E-state index contributed by atoms with van der Waals surface area (Å²) < 4.78 is 0. The quantitative estimate of drug-likeness (QED) is 0.648. The first-order chi connectivity index (χ1) is 10.3. The predicted molar refractivity (Wildman–Crippen MR) is 86.5 cm³/mol. The summed E-state index contributed by atoms with van der Waals surface area (Å²) in [5.41, 5.74) is 1.18. The third kappa shape index (κ3) is 4.91. The number of hydrogen-bond donors (Lipinski definition) is 3. The van der Waals surface area contributed by atoms with Crippen LogP contribution in [0.5, 0.6) is 0 Å². The Morgan fingerprint density at radius 3 is 2.24 bits per heavy atom. The van der Waals surface area contributed by atoms with Gasteiger partial charge in [-0.25, -0.2) is 0 Å². The fourth-order valence-electron chi connectivity index (χ4n) is 1.80. The van der Waals surface area contributed by atoms with Crippen LogP contribution in [0.4, 0.5) is 17.8 Å². The Morgan fingerprint density at radius 1 is 0.905 bits per heavy atom. The summed E-state index contributed by atoms with van der Waals surface area (Å²) >= 11 is 0. The minimum atomic E-state index is 0.555. The van der Waals surface area contributed by atoms with E-state index in [4.69, 9.17) is 0 Å². The Kier molecular flexibility index (Phi) is 5.75. The summed E-state index contributed by atoms with van der Waals surface area (Å²) in [5.74, 6) is 1.72. The van der Waals surface area contributed by atoms with E-state index in [1.54, 1.807) is 7.05 Å². The van der Waals surface area contributed by atoms with Crippen molar-refractivity contribution in [3.8, 4) is 0 Å². The Morgan fingerprint density at radius 2 is 1.57 bits per heavy atom. The molecule has 6 heteroatoms. The standard InChI is InChI=1S/C15H22N6/c1-3-4-10-17-14-19-13(16-2)20-15(21-14)18-11-12-8-6-5-7-9-12/h5-9H,3-4,10-11H2,1-2H3,(H3,16,17,18,19,20,21). The van der Waals surface area contributed by atoms with E-state index in [9.17, 15) is 0 Å². The molecule has 0 saturated carbocycles. The minimum Gasteiger partial charge on any atom is -0.357 e. The molecular formula is C15H22N6. The van der Waals surface area contributed by atoms with Crippen LogP contribution in [0.25, 0.3) is 0 Å². The van der Waals surface area contributed by atoms with Gasteiger partial charge in [0, 0.05) is 20.1 Å². The highest BCUT2D eigenvalue weighted by atomic mass is 15.3. The van der Waals surface area contributed by atoms with Crippen LogP contribution in [0.15, 0.2) is 30.3 Å². The summed E-state index contributed by atoms with van der Waals surface area (Å²) in [7, 11) is 1.80. The topological polar surface area (TPSA) is 74.8 Å². The number of nitrogens with zero attached hydrogens (tertiary/aromatic N) is 3. The van der Waals surface area contributed by atoms with Crippen LogP contribution in [-0.4, -0.2) is 28.5 Å². The second kappa shape index (κ2) is 8.04. The third-order valence-corrected chi connectivity index (χ3v) is 2.97. The summed E-state index contributed by atoms with van der Waals surface area (Å²) in [6, 6.07) is 10.2. The molecule has 1 heterocycles. The third-order valence-electron chi connectivity index (χ3n) is 2.97. The summed E-state index contributed by atoms with van der Waals surface area (Å²) in [5, 5.41) is 9.40. The zero-order valence-electron chi connectivity index (χ0n) is 12.6. The highest BCUT2D eigenvalue weighted by Gasteiger charge is 2.05. The lowest BCUT2D eigenvalue weighted by Gasteiger charge is -2.09. The molecule has 0 spiro atoms. The zero-order valence-corrected chi connectivity index (χ0v) is 12.6. The molecule has 0 unspecified atom stereocenters. The summed E-state index contributed by atoms with van der Waals surface area (Å²) in [6.07, 6.45) is 2.23. The molecule has 0 aliphatic rings. The average Bonchev–Trinajstić information content (AvgIpc) is 2.54. The molecule has 0 fully saturated rings. The molecular weight excluding hydrogens is 264 g/mol. The number of aromatic nitrogens is 3. The monoisotopic (exact) mass is 286 g/mol. The van der Waals surface area contributed by atoms with Gasteiger partial charge in [0.05, 0.1) is 0 Å². The van der Waals surface area contributed by atoms with Crippen LogP contribution in [0.2, 0.25) is 0 Å². The lowest BCUT2D eigenvalue weighted by atomic mass is 10.2. The van der Waals surface area contributed by atoms with E-state index >= 15 is 0 Å². The van der Waals surface area contributed by atoms with Gasteiger partial charge in [-0.05, 0) is 12.0 Å². The van der Waals surface area contributed by atoms with Crippen molar-refractivity contribution in [1.82, 2.24) is 15.0 Å². The second-order valence-corrected chi connectivity index (χ2v) is 4.68. The van der Waals surface area contributed by atoms with Gasteiger partial charge in [0.25, 0.3) is 0 Å². The molecule has 6 nitrogen and oxygen atoms in total. The first kappa shape index (κ1) is 15.0. The van der Waals surface area contributed by atoms with Crippen LogP contribution >= 0.6 is 0 Å². The second-order valence-electron chi connectivity index (χ2n) is 4.68. The molecule has 0 amide bonds. The van der Waals surface area contributed by atoms with Crippen LogP contribution in [0.1, 0.15) is 25.3 Å². The fraction of sp³-hybridized carbons (Fsp3) is 0.400. The molecule has 0 aliphatic carbocycles. The Balaban J connectivity index is 2.02. The SMILES string of the molecule is CCCCNc1nc(NC)nc(NCc2ccccc2)n1. The van der Waals surface area contributed by atoms with E-state index in [0.29, 0.717) is 24.4 Å². The minimum absolute atomic E-state index is 0.555. The molecule has 0 radical (unpaired) electrons. The molecule has 2 rings (SSSR count). The van der Waals surface area contributed by atoms with Crippen molar-refractivity contribution in [1.29, 1.82) is 0 Å². The molecule has 0 saturated heterocycles. The molecule has 112 valence electrons. The molecule has 3 N–H and O–H groups in total. The lowest BCUT2D eigenvalue weighted by Crippen LogP contribution is -2.11. The van der Waals surface area contributed by atoms with Crippen LogP contribution in [0, 0.1) is 0 Å². The van der Waals surface area contributed by atoms with Gasteiger partial charge < -0.3 is 16.0 Å². The maximum Gasteiger partial charge on any atom is 0.229 e. The number of nitrogens with one attached hydrogen (secondary N) is 3. The van der Waals surface area contributed by atoms with Gasteiger partial charge in [0.1, 0.15) is 0 Å². The molecule has 0 atom stereocenters. The maximum atomic E-state index is 4.38. The van der Waals surface area contributed by atoms with E-state index in [0.717, 1.165) is 19.4 Å². The van der Waals surface area contributed by atoms with Gasteiger partial charge in [-0.1, -0.05) is 43.7 Å². The fourth-order valence-corrected chi connectivity index (χ4v) is 1.80. The first-order valence-corrected chi connectivity index (χ1v) is 7.27. The predicted octanol–water partition coefficient (Wildman–Crippen LogP) is 2.74. The van der Waals surface area contributed by atoms with Crippen molar-refractivity contribution in [2.24, 2.45) is 0 Å². The number of anilines is 3. The van der Waals surface area contributed by atoms with Gasteiger partial charge in [-0.2, -0.15) is 15.0 Å². The van der Waals surface area contributed by atoms with Gasteiger partial charge in [0.2, 0.25) is 17.8 Å². The summed E-state index contributed by atoms with van der Waals surface area (Å²) in [6.45, 7) is 3.70. The Hall–Kier alpha value is -2.37. The highest BCUT2D eigenvalue weighted by Crippen LogP contribution is 2.10. The van der Waals surface area contributed by atoms with Crippen LogP contribution in [-0.2, 0) is 6.54 Å². The van der Waals surface area contributed by atoms with Crippen molar-refractivity contribution in [3.63, 3.8) is 0 Å². The molecule has 1 aromatic carbocycles. The number of unbranched alkanes of at least 4 members (excludes halogenated alkanes) is 1. The lowest BCUT2D eigenvalue weighted by molar-refractivity contribution is 0.824. The largest absolute Gasteiger partial charge is 0.357 e. The number of rotatable bonds is 8. The average molecular weight is 286 g/mol. The van der Waals surface area contributed by atoms with Gasteiger partial charge in [0.15, 0.2) is 0 Å². The van der Waals surface area contributed by atoms with Gasteiger partial charge >= 0.3 is 0 Å². The van der Waals surface area contributed by atoms with Crippen molar-refractivity contribution in [2.75, 3.05) is 29.5 Å². The van der Waals surface area contributed by atoms with Gasteiger partial charge in [-0.15, -0.1) is 0 Å². The highest BCUT2D eigenvalue weighted by molar-refractivity contribution is 5.42. The summed E-state index contributed by atoms with van der Waals surface area (Å²) in [4.78, 5) is 13.0. The zero-order chi connectivity index (χ0) is 14.9. The Labute approximate surface area is 125 Å². The number of benzene rings is 1. The van der Waals surface area contributed by atoms with E-state index in [-0.39, 0.29) is 0 Å². The van der Waals surface area contributed by atoms with Crippen molar-refractivity contribution >= 4 is 17.8 Å². The molecule has 0 aliphatic heterocycles. The first-order valence-electron chi connectivity index (χ1n) is 7.27. The van der Waals surface area contributed by atoms with Gasteiger partial charge in [-0.3, -0.25) is 0 Å². The number of hydrogen-bond acceptors (Lipinski definition) is 6. The molecule has 1 aromatic heterocycles. The molecule has 21 heavy (non-hydrogen) atoms. The Bertz CT molecular complexity index is 543.